The molecule has 0 saturated carbocycles. The summed E-state index contributed by atoms with van der Waals surface area (Å²) < 4.78 is 0. The fourth-order valence-corrected chi connectivity index (χ4v) is 2.66. The van der Waals surface area contributed by atoms with Gasteiger partial charge in [-0.3, -0.25) is 9.69 Å². The van der Waals surface area contributed by atoms with Crippen molar-refractivity contribution in [1.82, 2.24) is 15.2 Å². The van der Waals surface area contributed by atoms with Crippen LogP contribution in [0, 0.1) is 0 Å². The molecule has 0 spiro atoms. The Morgan fingerprint density at radius 3 is 3.11 bits per heavy atom. The molecule has 5 nitrogen and oxygen atoms in total. The predicted molar refractivity (Wildman–Crippen MR) is 73.0 cm³/mol. The maximum Gasteiger partial charge on any atom is 0.322 e. The average molecular weight is 259 g/mol. The van der Waals surface area contributed by atoms with Gasteiger partial charge in [0.15, 0.2) is 0 Å². The van der Waals surface area contributed by atoms with Gasteiger partial charge in [0, 0.05) is 43.3 Å². The number of rotatable bonds is 3. The highest BCUT2D eigenvalue weighted by Crippen LogP contribution is 2.20. The summed E-state index contributed by atoms with van der Waals surface area (Å²) in [6, 6.07) is 7.66. The second kappa shape index (κ2) is 5.03. The van der Waals surface area contributed by atoms with E-state index in [2.05, 4.69) is 16.4 Å². The van der Waals surface area contributed by atoms with E-state index >= 15 is 0 Å². The number of aliphatic carboxylic acids is 1. The molecule has 0 bridgehead atoms. The van der Waals surface area contributed by atoms with Crippen LogP contribution in [0.5, 0.6) is 0 Å². The number of carboxylic acids is 1. The van der Waals surface area contributed by atoms with Crippen molar-refractivity contribution in [2.75, 3.05) is 19.6 Å². The van der Waals surface area contributed by atoms with E-state index in [0.29, 0.717) is 13.1 Å². The van der Waals surface area contributed by atoms with Crippen LogP contribution in [0.25, 0.3) is 10.9 Å². The second-order valence-electron chi connectivity index (χ2n) is 4.89. The topological polar surface area (TPSA) is 68.4 Å². The molecular formula is C14H17N3O2. The van der Waals surface area contributed by atoms with Gasteiger partial charge in [-0.25, -0.2) is 0 Å². The molecule has 1 saturated heterocycles. The first-order valence-corrected chi connectivity index (χ1v) is 6.48. The third-order valence-corrected chi connectivity index (χ3v) is 3.69. The van der Waals surface area contributed by atoms with Crippen molar-refractivity contribution >= 4 is 16.9 Å². The van der Waals surface area contributed by atoms with Crippen molar-refractivity contribution in [3.05, 3.63) is 36.0 Å². The number of hydrogen-bond donors (Lipinski definition) is 3. The van der Waals surface area contributed by atoms with E-state index in [1.54, 1.807) is 0 Å². The Morgan fingerprint density at radius 1 is 1.42 bits per heavy atom. The van der Waals surface area contributed by atoms with Crippen molar-refractivity contribution in [3.8, 4) is 0 Å². The summed E-state index contributed by atoms with van der Waals surface area (Å²) in [5, 5.41) is 13.6. The van der Waals surface area contributed by atoms with Crippen molar-refractivity contribution in [3.63, 3.8) is 0 Å². The molecule has 1 atom stereocenters. The van der Waals surface area contributed by atoms with Gasteiger partial charge in [0.1, 0.15) is 6.04 Å². The molecule has 3 rings (SSSR count). The summed E-state index contributed by atoms with van der Waals surface area (Å²) >= 11 is 0. The monoisotopic (exact) mass is 259 g/mol. The summed E-state index contributed by atoms with van der Waals surface area (Å²) in [6.07, 6.45) is 1.98. The minimum Gasteiger partial charge on any atom is -0.480 e. The SMILES string of the molecule is O=C(O)C1CNCCN1Cc1c[nH]c2ccccc12. The molecular weight excluding hydrogens is 242 g/mol. The van der Waals surface area contributed by atoms with Crippen LogP contribution in [0.4, 0.5) is 0 Å². The molecule has 1 unspecified atom stereocenters. The van der Waals surface area contributed by atoms with Gasteiger partial charge in [-0.05, 0) is 11.6 Å². The number of H-pyrrole nitrogens is 1. The Kier molecular flexibility index (Phi) is 3.23. The lowest BCUT2D eigenvalue weighted by atomic mass is 10.1. The number of benzene rings is 1. The number of nitrogens with one attached hydrogen (secondary N) is 2. The van der Waals surface area contributed by atoms with E-state index in [1.807, 2.05) is 29.3 Å². The summed E-state index contributed by atoms with van der Waals surface area (Å²) in [6.45, 7) is 2.78. The molecule has 0 aliphatic carbocycles. The smallest absolute Gasteiger partial charge is 0.322 e. The number of aromatic nitrogens is 1. The lowest BCUT2D eigenvalue weighted by molar-refractivity contribution is -0.144. The zero-order valence-corrected chi connectivity index (χ0v) is 10.6. The first-order chi connectivity index (χ1) is 9.25. The predicted octanol–water partition coefficient (Wildman–Crippen LogP) is 1.03. The Bertz CT molecular complexity index is 593. The molecule has 1 fully saturated rings. The molecule has 1 aliphatic heterocycles. The summed E-state index contributed by atoms with van der Waals surface area (Å²) in [5.74, 6) is -0.757. The van der Waals surface area contributed by atoms with Gasteiger partial charge in [-0.1, -0.05) is 18.2 Å². The molecule has 0 amide bonds. The van der Waals surface area contributed by atoms with Crippen LogP contribution in [-0.4, -0.2) is 46.6 Å². The summed E-state index contributed by atoms with van der Waals surface area (Å²) in [5.41, 5.74) is 2.25. The van der Waals surface area contributed by atoms with Gasteiger partial charge in [-0.2, -0.15) is 0 Å². The quantitative estimate of drug-likeness (QED) is 0.770. The molecule has 100 valence electrons. The Hall–Kier alpha value is -1.85. The fourth-order valence-electron chi connectivity index (χ4n) is 2.66. The highest BCUT2D eigenvalue weighted by atomic mass is 16.4. The molecule has 0 radical (unpaired) electrons. The van der Waals surface area contributed by atoms with Gasteiger partial charge in [0.25, 0.3) is 0 Å². The molecule has 1 aromatic carbocycles. The molecule has 1 aliphatic rings. The van der Waals surface area contributed by atoms with E-state index in [0.717, 1.165) is 24.2 Å². The molecule has 3 N–H and O–H groups in total. The van der Waals surface area contributed by atoms with Gasteiger partial charge < -0.3 is 15.4 Å². The van der Waals surface area contributed by atoms with Crippen LogP contribution < -0.4 is 5.32 Å². The van der Waals surface area contributed by atoms with Crippen LogP contribution >= 0.6 is 0 Å². The van der Waals surface area contributed by atoms with E-state index in [1.165, 1.54) is 5.39 Å². The van der Waals surface area contributed by atoms with Crippen LogP contribution in [0.15, 0.2) is 30.5 Å². The Balaban J connectivity index is 1.85. The normalized spacial score (nSPS) is 20.7. The number of carboxylic acid groups (broad SMARTS) is 1. The Labute approximate surface area is 111 Å². The van der Waals surface area contributed by atoms with E-state index < -0.39 is 12.0 Å². The third kappa shape index (κ3) is 2.34. The van der Waals surface area contributed by atoms with Crippen LogP contribution in [0.1, 0.15) is 5.56 Å². The number of carbonyl (C=O) groups is 1. The van der Waals surface area contributed by atoms with Crippen molar-refractivity contribution in [1.29, 1.82) is 0 Å². The van der Waals surface area contributed by atoms with E-state index in [9.17, 15) is 9.90 Å². The molecule has 5 heteroatoms. The van der Waals surface area contributed by atoms with Crippen molar-refractivity contribution in [2.24, 2.45) is 0 Å². The van der Waals surface area contributed by atoms with Crippen molar-refractivity contribution < 1.29 is 9.90 Å². The number of para-hydroxylation sites is 1. The molecule has 19 heavy (non-hydrogen) atoms. The zero-order chi connectivity index (χ0) is 13.2. The number of fused-ring (bicyclic) bond motifs is 1. The standard InChI is InChI=1S/C14H17N3O2/c18-14(19)13-8-15-5-6-17(13)9-10-7-16-12-4-2-1-3-11(10)12/h1-4,7,13,15-16H,5-6,8-9H2,(H,18,19). The highest BCUT2D eigenvalue weighted by Gasteiger charge is 2.28. The Morgan fingerprint density at radius 2 is 2.26 bits per heavy atom. The summed E-state index contributed by atoms with van der Waals surface area (Å²) in [4.78, 5) is 16.5. The van der Waals surface area contributed by atoms with E-state index in [4.69, 9.17) is 0 Å². The number of piperazine rings is 1. The lowest BCUT2D eigenvalue weighted by Gasteiger charge is -2.33. The largest absolute Gasteiger partial charge is 0.480 e. The zero-order valence-electron chi connectivity index (χ0n) is 10.6. The first-order valence-electron chi connectivity index (χ1n) is 6.48. The van der Waals surface area contributed by atoms with Gasteiger partial charge in [-0.15, -0.1) is 0 Å². The fraction of sp³-hybridized carbons (Fsp3) is 0.357. The average Bonchev–Trinajstić information content (AvgIpc) is 2.83. The highest BCUT2D eigenvalue weighted by molar-refractivity contribution is 5.83. The van der Waals surface area contributed by atoms with Gasteiger partial charge in [0.2, 0.25) is 0 Å². The maximum absolute atomic E-state index is 11.3. The summed E-state index contributed by atoms with van der Waals surface area (Å²) in [7, 11) is 0. The number of nitrogens with zero attached hydrogens (tertiary/aromatic N) is 1. The molecule has 2 aromatic rings. The third-order valence-electron chi connectivity index (χ3n) is 3.69. The molecule has 2 heterocycles. The van der Waals surface area contributed by atoms with Gasteiger partial charge >= 0.3 is 5.97 Å². The van der Waals surface area contributed by atoms with Crippen LogP contribution in [-0.2, 0) is 11.3 Å². The second-order valence-corrected chi connectivity index (χ2v) is 4.89. The first kappa shape index (κ1) is 12.2. The minimum atomic E-state index is -0.757. The minimum absolute atomic E-state index is 0.442. The lowest BCUT2D eigenvalue weighted by Crippen LogP contribution is -2.54. The van der Waals surface area contributed by atoms with Crippen molar-refractivity contribution in [2.45, 2.75) is 12.6 Å². The van der Waals surface area contributed by atoms with Crippen LogP contribution in [0.3, 0.4) is 0 Å². The molecule has 1 aromatic heterocycles. The van der Waals surface area contributed by atoms with Crippen LogP contribution in [0.2, 0.25) is 0 Å². The van der Waals surface area contributed by atoms with E-state index in [-0.39, 0.29) is 0 Å². The maximum atomic E-state index is 11.3. The number of hydrogen-bond acceptors (Lipinski definition) is 3. The number of aromatic amines is 1. The van der Waals surface area contributed by atoms with Gasteiger partial charge in [0.05, 0.1) is 0 Å².